The molecule has 17 heavy (non-hydrogen) atoms. The second-order valence-electron chi connectivity index (χ2n) is 3.56. The molecule has 1 rings (SSSR count). The Kier molecular flexibility index (Phi) is 4.23. The van der Waals surface area contributed by atoms with E-state index in [2.05, 4.69) is 0 Å². The van der Waals surface area contributed by atoms with E-state index < -0.39 is 4.92 Å². The molecule has 0 spiro atoms. The van der Waals surface area contributed by atoms with E-state index in [1.807, 2.05) is 0 Å². The first-order valence-corrected chi connectivity index (χ1v) is 5.12. The SMILES string of the molecule is CN(C)/C=C/C(=O)c1ccc([N+](=O)[O-])cc1Cl. The van der Waals surface area contributed by atoms with Crippen LogP contribution < -0.4 is 0 Å². The Hall–Kier alpha value is -1.88. The van der Waals surface area contributed by atoms with Crippen LogP contribution in [0.2, 0.25) is 5.02 Å². The van der Waals surface area contributed by atoms with Gasteiger partial charge in [0.15, 0.2) is 5.78 Å². The molecule has 0 aliphatic carbocycles. The number of rotatable bonds is 4. The van der Waals surface area contributed by atoms with Gasteiger partial charge in [-0.3, -0.25) is 14.9 Å². The highest BCUT2D eigenvalue weighted by atomic mass is 35.5. The van der Waals surface area contributed by atoms with Crippen molar-refractivity contribution in [2.75, 3.05) is 14.1 Å². The van der Waals surface area contributed by atoms with Gasteiger partial charge in [0.1, 0.15) is 0 Å². The van der Waals surface area contributed by atoms with Crippen LogP contribution in [-0.2, 0) is 0 Å². The predicted octanol–water partition coefficient (Wildman–Crippen LogP) is 2.51. The number of carbonyl (C=O) groups is 1. The quantitative estimate of drug-likeness (QED) is 0.358. The molecule has 0 saturated heterocycles. The van der Waals surface area contributed by atoms with Crippen LogP contribution in [0.4, 0.5) is 5.69 Å². The highest BCUT2D eigenvalue weighted by Crippen LogP contribution is 2.23. The summed E-state index contributed by atoms with van der Waals surface area (Å²) in [5.74, 6) is -0.293. The number of hydrogen-bond donors (Lipinski definition) is 0. The second-order valence-corrected chi connectivity index (χ2v) is 3.97. The molecule has 0 radical (unpaired) electrons. The van der Waals surface area contributed by atoms with Gasteiger partial charge in [0, 0.05) is 44.1 Å². The van der Waals surface area contributed by atoms with Crippen molar-refractivity contribution < 1.29 is 9.72 Å². The highest BCUT2D eigenvalue weighted by Gasteiger charge is 2.12. The molecule has 0 aliphatic rings. The van der Waals surface area contributed by atoms with E-state index in [0.717, 1.165) is 6.07 Å². The number of nitro groups is 1. The largest absolute Gasteiger partial charge is 0.383 e. The average molecular weight is 255 g/mol. The van der Waals surface area contributed by atoms with Gasteiger partial charge in [0.2, 0.25) is 0 Å². The van der Waals surface area contributed by atoms with Crippen molar-refractivity contribution in [2.24, 2.45) is 0 Å². The number of benzene rings is 1. The molecular formula is C11H11ClN2O3. The zero-order valence-corrected chi connectivity index (χ0v) is 10.1. The third-order valence-electron chi connectivity index (χ3n) is 1.95. The van der Waals surface area contributed by atoms with Gasteiger partial charge >= 0.3 is 0 Å². The van der Waals surface area contributed by atoms with Gasteiger partial charge in [-0.2, -0.15) is 0 Å². The van der Waals surface area contributed by atoms with Crippen LogP contribution in [0.5, 0.6) is 0 Å². The number of nitro benzene ring substituents is 1. The highest BCUT2D eigenvalue weighted by molar-refractivity contribution is 6.34. The summed E-state index contributed by atoms with van der Waals surface area (Å²) in [5.41, 5.74) is 0.110. The van der Waals surface area contributed by atoms with Gasteiger partial charge in [-0.15, -0.1) is 0 Å². The fraction of sp³-hybridized carbons (Fsp3) is 0.182. The van der Waals surface area contributed by atoms with Gasteiger partial charge < -0.3 is 4.90 Å². The Morgan fingerprint density at radius 1 is 1.47 bits per heavy atom. The maximum absolute atomic E-state index is 11.7. The second kappa shape index (κ2) is 5.45. The van der Waals surface area contributed by atoms with Gasteiger partial charge in [0.05, 0.1) is 9.95 Å². The van der Waals surface area contributed by atoms with Crippen LogP contribution >= 0.6 is 11.6 Å². The van der Waals surface area contributed by atoms with E-state index in [1.54, 1.807) is 25.2 Å². The number of non-ortho nitro benzene ring substituents is 1. The Morgan fingerprint density at radius 3 is 2.59 bits per heavy atom. The van der Waals surface area contributed by atoms with Crippen molar-refractivity contribution in [1.82, 2.24) is 4.90 Å². The van der Waals surface area contributed by atoms with E-state index in [1.165, 1.54) is 18.2 Å². The van der Waals surface area contributed by atoms with Crippen molar-refractivity contribution in [2.45, 2.75) is 0 Å². The molecule has 0 fully saturated rings. The van der Waals surface area contributed by atoms with E-state index in [-0.39, 0.29) is 22.1 Å². The van der Waals surface area contributed by atoms with Crippen LogP contribution in [0.25, 0.3) is 0 Å². The Labute approximate surface area is 103 Å². The van der Waals surface area contributed by atoms with Gasteiger partial charge in [-0.05, 0) is 6.07 Å². The zero-order chi connectivity index (χ0) is 13.0. The summed E-state index contributed by atoms with van der Waals surface area (Å²) in [4.78, 5) is 23.3. The lowest BCUT2D eigenvalue weighted by atomic mass is 10.1. The minimum absolute atomic E-state index is 0.0765. The Bertz CT molecular complexity index is 484. The average Bonchev–Trinajstić information content (AvgIpc) is 2.25. The van der Waals surface area contributed by atoms with Crippen LogP contribution in [0.15, 0.2) is 30.5 Å². The van der Waals surface area contributed by atoms with Gasteiger partial charge in [0.25, 0.3) is 5.69 Å². The predicted molar refractivity (Wildman–Crippen MR) is 65.3 cm³/mol. The molecule has 0 bridgehead atoms. The van der Waals surface area contributed by atoms with Crippen molar-refractivity contribution in [1.29, 1.82) is 0 Å². The van der Waals surface area contributed by atoms with Crippen molar-refractivity contribution in [3.8, 4) is 0 Å². The molecule has 0 heterocycles. The Balaban J connectivity index is 3.00. The summed E-state index contributed by atoms with van der Waals surface area (Å²) in [7, 11) is 3.56. The molecule has 0 unspecified atom stereocenters. The van der Waals surface area contributed by atoms with Crippen molar-refractivity contribution in [3.05, 3.63) is 51.2 Å². The first-order valence-electron chi connectivity index (χ1n) is 4.74. The van der Waals surface area contributed by atoms with Crippen LogP contribution in [0, 0.1) is 10.1 Å². The maximum atomic E-state index is 11.7. The topological polar surface area (TPSA) is 63.5 Å². The summed E-state index contributed by atoms with van der Waals surface area (Å²) in [5, 5.41) is 10.6. The molecular weight excluding hydrogens is 244 g/mol. The normalized spacial score (nSPS) is 10.5. The van der Waals surface area contributed by atoms with E-state index >= 15 is 0 Å². The minimum atomic E-state index is -0.560. The number of hydrogen-bond acceptors (Lipinski definition) is 4. The number of ketones is 1. The molecule has 90 valence electrons. The smallest absolute Gasteiger partial charge is 0.270 e. The number of carbonyl (C=O) groups excluding carboxylic acids is 1. The van der Waals surface area contributed by atoms with Crippen LogP contribution in [-0.4, -0.2) is 29.7 Å². The lowest BCUT2D eigenvalue weighted by molar-refractivity contribution is -0.384. The molecule has 0 amide bonds. The molecule has 1 aromatic carbocycles. The zero-order valence-electron chi connectivity index (χ0n) is 9.38. The molecule has 0 N–H and O–H groups in total. The lowest BCUT2D eigenvalue weighted by Crippen LogP contribution is -2.03. The molecule has 0 atom stereocenters. The summed E-state index contributed by atoms with van der Waals surface area (Å²) in [6.07, 6.45) is 2.94. The molecule has 0 saturated carbocycles. The number of allylic oxidation sites excluding steroid dienone is 1. The fourth-order valence-corrected chi connectivity index (χ4v) is 1.39. The van der Waals surface area contributed by atoms with Crippen LogP contribution in [0.3, 0.4) is 0 Å². The fourth-order valence-electron chi connectivity index (χ4n) is 1.12. The molecule has 6 heteroatoms. The number of nitrogens with zero attached hydrogens (tertiary/aromatic N) is 2. The summed E-state index contributed by atoms with van der Waals surface area (Å²) in [6, 6.07) is 3.77. The monoisotopic (exact) mass is 254 g/mol. The minimum Gasteiger partial charge on any atom is -0.383 e. The van der Waals surface area contributed by atoms with E-state index in [0.29, 0.717) is 0 Å². The lowest BCUT2D eigenvalue weighted by Gasteiger charge is -2.03. The molecule has 0 aromatic heterocycles. The standard InChI is InChI=1S/C11H11ClN2O3/c1-13(2)6-5-11(15)9-4-3-8(14(16)17)7-10(9)12/h3-7H,1-2H3/b6-5+. The summed E-state index contributed by atoms with van der Waals surface area (Å²) >= 11 is 5.81. The van der Waals surface area contributed by atoms with Gasteiger partial charge in [-0.1, -0.05) is 11.6 Å². The summed E-state index contributed by atoms with van der Waals surface area (Å²) in [6.45, 7) is 0. The first-order chi connectivity index (χ1) is 7.91. The van der Waals surface area contributed by atoms with Crippen LogP contribution in [0.1, 0.15) is 10.4 Å². The third kappa shape index (κ3) is 3.57. The van der Waals surface area contributed by atoms with E-state index in [9.17, 15) is 14.9 Å². The molecule has 0 aliphatic heterocycles. The number of halogens is 1. The van der Waals surface area contributed by atoms with Gasteiger partial charge in [-0.25, -0.2) is 0 Å². The molecule has 1 aromatic rings. The van der Waals surface area contributed by atoms with Crippen molar-refractivity contribution >= 4 is 23.1 Å². The maximum Gasteiger partial charge on any atom is 0.270 e. The Morgan fingerprint density at radius 2 is 2.12 bits per heavy atom. The molecule has 5 nitrogen and oxygen atoms in total. The third-order valence-corrected chi connectivity index (χ3v) is 2.27. The summed E-state index contributed by atoms with van der Waals surface area (Å²) < 4.78 is 0. The van der Waals surface area contributed by atoms with Crippen molar-refractivity contribution in [3.63, 3.8) is 0 Å². The first kappa shape index (κ1) is 13.2. The van der Waals surface area contributed by atoms with E-state index in [4.69, 9.17) is 11.6 Å².